The maximum Gasteiger partial charge on any atom is 0.209 e. The Morgan fingerprint density at radius 2 is 2.03 bits per heavy atom. The molecule has 0 amide bonds. The average molecular weight is 438 g/mol. The quantitative estimate of drug-likeness (QED) is 0.497. The van der Waals surface area contributed by atoms with E-state index in [2.05, 4.69) is 35.9 Å². The van der Waals surface area contributed by atoms with E-state index in [9.17, 15) is 8.78 Å². The summed E-state index contributed by atoms with van der Waals surface area (Å²) in [5.41, 5.74) is 7.30. The Balaban J connectivity index is 1.51. The number of hydrogen-bond acceptors (Lipinski definition) is 8. The molecule has 0 radical (unpaired) electrons. The van der Waals surface area contributed by atoms with Crippen molar-refractivity contribution >= 4 is 5.82 Å². The summed E-state index contributed by atoms with van der Waals surface area (Å²) in [5, 5.41) is 19.2. The van der Waals surface area contributed by atoms with Crippen molar-refractivity contribution in [3.05, 3.63) is 48.4 Å². The van der Waals surface area contributed by atoms with E-state index in [0.717, 1.165) is 48.7 Å². The van der Waals surface area contributed by atoms with E-state index in [4.69, 9.17) is 5.73 Å². The molecule has 0 bridgehead atoms. The SMILES string of the molecule is Nc1ncc(-c2cnn(C3CCCNCC3)c2)nc1-c1nnnn1-c1cccc(F)c1F. The van der Waals surface area contributed by atoms with Crippen LogP contribution < -0.4 is 11.1 Å². The third kappa shape index (κ3) is 3.68. The molecule has 1 aliphatic rings. The first kappa shape index (κ1) is 20.1. The van der Waals surface area contributed by atoms with Gasteiger partial charge in [0, 0.05) is 11.8 Å². The van der Waals surface area contributed by atoms with Crippen LogP contribution in [0.15, 0.2) is 36.8 Å². The van der Waals surface area contributed by atoms with Crippen molar-refractivity contribution in [2.24, 2.45) is 0 Å². The number of nitrogens with one attached hydrogen (secondary N) is 1. The minimum Gasteiger partial charge on any atom is -0.382 e. The molecule has 10 nitrogen and oxygen atoms in total. The van der Waals surface area contributed by atoms with Crippen molar-refractivity contribution in [1.29, 1.82) is 0 Å². The van der Waals surface area contributed by atoms with E-state index in [1.165, 1.54) is 18.3 Å². The summed E-state index contributed by atoms with van der Waals surface area (Å²) in [6, 6.07) is 4.04. The summed E-state index contributed by atoms with van der Waals surface area (Å²) in [6.45, 7) is 1.96. The molecule has 1 atom stereocenters. The number of nitrogens with zero attached hydrogens (tertiary/aromatic N) is 8. The predicted octanol–water partition coefficient (Wildman–Crippen LogP) is 2.16. The predicted molar refractivity (Wildman–Crippen MR) is 111 cm³/mol. The van der Waals surface area contributed by atoms with Gasteiger partial charge in [0.25, 0.3) is 0 Å². The second-order valence-electron chi connectivity index (χ2n) is 7.52. The van der Waals surface area contributed by atoms with Crippen LogP contribution in [0.3, 0.4) is 0 Å². The summed E-state index contributed by atoms with van der Waals surface area (Å²) in [6.07, 6.45) is 8.30. The Hall–Kier alpha value is -3.80. The van der Waals surface area contributed by atoms with Crippen molar-refractivity contribution in [2.75, 3.05) is 18.8 Å². The fourth-order valence-electron chi connectivity index (χ4n) is 3.79. The van der Waals surface area contributed by atoms with Crippen LogP contribution >= 0.6 is 0 Å². The Labute approximate surface area is 181 Å². The van der Waals surface area contributed by atoms with Gasteiger partial charge in [-0.25, -0.2) is 18.7 Å². The van der Waals surface area contributed by atoms with Gasteiger partial charge < -0.3 is 11.1 Å². The lowest BCUT2D eigenvalue weighted by molar-refractivity contribution is 0.414. The highest BCUT2D eigenvalue weighted by Gasteiger charge is 2.21. The van der Waals surface area contributed by atoms with Gasteiger partial charge in [0.1, 0.15) is 5.69 Å². The molecule has 0 spiro atoms. The highest BCUT2D eigenvalue weighted by Crippen LogP contribution is 2.28. The van der Waals surface area contributed by atoms with Gasteiger partial charge in [-0.1, -0.05) is 6.07 Å². The van der Waals surface area contributed by atoms with Crippen LogP contribution in [0.5, 0.6) is 0 Å². The maximum atomic E-state index is 14.3. The van der Waals surface area contributed by atoms with E-state index in [1.807, 2.05) is 10.9 Å². The number of nitrogen functional groups attached to an aromatic ring is 1. The zero-order valence-corrected chi connectivity index (χ0v) is 17.0. The third-order valence-corrected chi connectivity index (χ3v) is 5.46. The first-order valence-electron chi connectivity index (χ1n) is 10.2. The van der Waals surface area contributed by atoms with Gasteiger partial charge in [-0.3, -0.25) is 4.68 Å². The molecule has 1 unspecified atom stereocenters. The molecule has 3 aromatic heterocycles. The number of anilines is 1. The number of benzene rings is 1. The maximum absolute atomic E-state index is 14.3. The number of rotatable bonds is 4. The van der Waals surface area contributed by atoms with Gasteiger partial charge in [0.05, 0.1) is 24.1 Å². The Bertz CT molecular complexity index is 1240. The standard InChI is InChI=1S/C20H20F2N10/c21-14-4-1-5-16(17(14)22)32-20(28-29-30-32)18-19(23)25-10-15(27-18)12-9-26-31(11-12)13-3-2-7-24-8-6-13/h1,4-5,9-11,13,24H,2-3,6-8H2,(H2,23,25). The average Bonchev–Trinajstić information content (AvgIpc) is 3.40. The smallest absolute Gasteiger partial charge is 0.209 e. The molecule has 1 aliphatic heterocycles. The van der Waals surface area contributed by atoms with Crippen molar-refractivity contribution in [1.82, 2.24) is 45.3 Å². The van der Waals surface area contributed by atoms with Crippen molar-refractivity contribution in [3.8, 4) is 28.5 Å². The number of halogens is 2. The molecular formula is C20H20F2N10. The molecule has 0 saturated carbocycles. The topological polar surface area (TPSA) is 125 Å². The van der Waals surface area contributed by atoms with E-state index < -0.39 is 11.6 Å². The minimum atomic E-state index is -1.08. The molecule has 4 aromatic rings. The molecule has 5 rings (SSSR count). The summed E-state index contributed by atoms with van der Waals surface area (Å²) >= 11 is 0. The summed E-state index contributed by atoms with van der Waals surface area (Å²) < 4.78 is 31.1. The molecule has 0 aliphatic carbocycles. The number of tetrazole rings is 1. The monoisotopic (exact) mass is 438 g/mol. The van der Waals surface area contributed by atoms with Crippen molar-refractivity contribution in [3.63, 3.8) is 0 Å². The first-order valence-corrected chi connectivity index (χ1v) is 10.2. The zero-order valence-electron chi connectivity index (χ0n) is 17.0. The second-order valence-corrected chi connectivity index (χ2v) is 7.52. The Morgan fingerprint density at radius 1 is 1.12 bits per heavy atom. The summed E-state index contributed by atoms with van der Waals surface area (Å²) in [5.74, 6) is -1.99. The molecule has 3 N–H and O–H groups in total. The molecule has 1 fully saturated rings. The van der Waals surface area contributed by atoms with Crippen LogP contribution in [-0.4, -0.2) is 53.0 Å². The van der Waals surface area contributed by atoms with Crippen molar-refractivity contribution < 1.29 is 8.78 Å². The van der Waals surface area contributed by atoms with E-state index >= 15 is 0 Å². The second kappa shape index (κ2) is 8.38. The van der Waals surface area contributed by atoms with E-state index in [1.54, 1.807) is 6.20 Å². The zero-order chi connectivity index (χ0) is 22.1. The van der Waals surface area contributed by atoms with Gasteiger partial charge >= 0.3 is 0 Å². The molecule has 12 heteroatoms. The lowest BCUT2D eigenvalue weighted by atomic mass is 10.1. The van der Waals surface area contributed by atoms with Gasteiger partial charge in [0.2, 0.25) is 5.82 Å². The van der Waals surface area contributed by atoms with Crippen molar-refractivity contribution in [2.45, 2.75) is 25.3 Å². The fraction of sp³-hybridized carbons (Fsp3) is 0.300. The third-order valence-electron chi connectivity index (χ3n) is 5.46. The fourth-order valence-corrected chi connectivity index (χ4v) is 3.79. The minimum absolute atomic E-state index is 0.0450. The van der Waals surface area contributed by atoms with Gasteiger partial charge in [-0.05, 0) is 54.9 Å². The lowest BCUT2D eigenvalue weighted by Crippen LogP contribution is -2.15. The van der Waals surface area contributed by atoms with Crippen LogP contribution in [0, 0.1) is 11.6 Å². The van der Waals surface area contributed by atoms with E-state index in [0.29, 0.717) is 11.7 Å². The number of aromatic nitrogens is 8. The van der Waals surface area contributed by atoms with Crippen LogP contribution in [0.1, 0.15) is 25.3 Å². The van der Waals surface area contributed by atoms with Crippen LogP contribution in [-0.2, 0) is 0 Å². The van der Waals surface area contributed by atoms with Crippen LogP contribution in [0.2, 0.25) is 0 Å². The van der Waals surface area contributed by atoms with Crippen LogP contribution in [0.25, 0.3) is 28.5 Å². The first-order chi connectivity index (χ1) is 15.6. The molecule has 1 saturated heterocycles. The molecule has 1 aromatic carbocycles. The highest BCUT2D eigenvalue weighted by atomic mass is 19.2. The number of nitrogens with two attached hydrogens (primary N) is 1. The van der Waals surface area contributed by atoms with E-state index in [-0.39, 0.29) is 23.0 Å². The number of hydrogen-bond donors (Lipinski definition) is 2. The normalized spacial score (nSPS) is 16.8. The molecule has 4 heterocycles. The molecular weight excluding hydrogens is 418 g/mol. The molecule has 32 heavy (non-hydrogen) atoms. The molecule has 164 valence electrons. The van der Waals surface area contributed by atoms with Gasteiger partial charge in [-0.15, -0.1) is 5.10 Å². The lowest BCUT2D eigenvalue weighted by Gasteiger charge is -2.13. The largest absolute Gasteiger partial charge is 0.382 e. The summed E-state index contributed by atoms with van der Waals surface area (Å²) in [4.78, 5) is 8.78. The Morgan fingerprint density at radius 3 is 2.94 bits per heavy atom. The van der Waals surface area contributed by atoms with Crippen LogP contribution in [0.4, 0.5) is 14.6 Å². The van der Waals surface area contributed by atoms with Gasteiger partial charge in [-0.2, -0.15) is 9.78 Å². The highest BCUT2D eigenvalue weighted by molar-refractivity contribution is 5.69. The summed E-state index contributed by atoms with van der Waals surface area (Å²) in [7, 11) is 0. The van der Waals surface area contributed by atoms with Gasteiger partial charge in [0.15, 0.2) is 23.1 Å². The Kier molecular flexibility index (Phi) is 5.27.